The van der Waals surface area contributed by atoms with Gasteiger partial charge in [0.2, 0.25) is 5.91 Å². The molecule has 0 spiro atoms. The number of nitrogens with one attached hydrogen (secondary N) is 1. The zero-order valence-electron chi connectivity index (χ0n) is 15.5. The Morgan fingerprint density at radius 3 is 2.56 bits per heavy atom. The standard InChI is InChI=1S/C21H24N2O3S/c1-21-12-11-20(24)23(2)19(21)10-6-16-13-15(5-9-18(16)21)14-3-7-17(8-4-14)22-27(25)26/h3-5,7-9,13,19,22H,6,10-12H2,1-2H3,(H,25,26)/p-1/t19-,21-/m1/s1. The molecule has 1 N–H and O–H groups in total. The minimum Gasteiger partial charge on any atom is -0.755 e. The fourth-order valence-electron chi connectivity index (χ4n) is 4.79. The molecule has 0 radical (unpaired) electrons. The van der Waals surface area contributed by atoms with Crippen molar-refractivity contribution in [2.24, 2.45) is 0 Å². The molecule has 0 aromatic heterocycles. The van der Waals surface area contributed by atoms with Crippen molar-refractivity contribution in [2.75, 3.05) is 11.8 Å². The molecule has 4 rings (SSSR count). The lowest BCUT2D eigenvalue weighted by Gasteiger charge is -2.50. The third-order valence-corrected chi connectivity index (χ3v) is 6.68. The van der Waals surface area contributed by atoms with E-state index in [1.54, 1.807) is 12.1 Å². The first kappa shape index (κ1) is 18.2. The van der Waals surface area contributed by atoms with Gasteiger partial charge >= 0.3 is 0 Å². The average molecular weight is 383 g/mol. The van der Waals surface area contributed by atoms with Crippen molar-refractivity contribution in [2.45, 2.75) is 44.1 Å². The van der Waals surface area contributed by atoms with Crippen LogP contribution in [0.4, 0.5) is 5.69 Å². The fourth-order valence-corrected chi connectivity index (χ4v) is 5.12. The largest absolute Gasteiger partial charge is 0.755 e. The van der Waals surface area contributed by atoms with Gasteiger partial charge in [-0.05, 0) is 53.6 Å². The normalized spacial score (nSPS) is 25.5. The molecule has 0 bridgehead atoms. The number of carbonyl (C=O) groups excluding carboxylic acids is 1. The number of hydrogen-bond donors (Lipinski definition) is 1. The van der Waals surface area contributed by atoms with E-state index < -0.39 is 11.3 Å². The highest BCUT2D eigenvalue weighted by Gasteiger charge is 2.46. The lowest BCUT2D eigenvalue weighted by molar-refractivity contribution is -0.138. The van der Waals surface area contributed by atoms with Crippen LogP contribution in [0.3, 0.4) is 0 Å². The summed E-state index contributed by atoms with van der Waals surface area (Å²) < 4.78 is 23.8. The number of hydrogen-bond acceptors (Lipinski definition) is 3. The summed E-state index contributed by atoms with van der Waals surface area (Å²) in [4.78, 5) is 14.1. The Labute approximate surface area is 162 Å². The van der Waals surface area contributed by atoms with Crippen LogP contribution in [0, 0.1) is 0 Å². The van der Waals surface area contributed by atoms with E-state index in [9.17, 15) is 13.6 Å². The lowest BCUT2D eigenvalue weighted by Crippen LogP contribution is -2.56. The van der Waals surface area contributed by atoms with Gasteiger partial charge in [0.15, 0.2) is 0 Å². The molecular weight excluding hydrogens is 360 g/mol. The SMILES string of the molecule is CN1C(=O)CC[C@]2(C)c3ccc(-c4ccc(NS(=O)[O-])cc4)cc3CC[C@@H]12. The molecule has 1 fully saturated rings. The number of likely N-dealkylation sites (tertiary alicyclic amines) is 1. The number of rotatable bonds is 3. The van der Waals surface area contributed by atoms with Crippen LogP contribution in [0.5, 0.6) is 0 Å². The predicted molar refractivity (Wildman–Crippen MR) is 106 cm³/mol. The first-order valence-corrected chi connectivity index (χ1v) is 10.3. The van der Waals surface area contributed by atoms with Crippen LogP contribution >= 0.6 is 0 Å². The number of piperidine rings is 1. The van der Waals surface area contributed by atoms with Gasteiger partial charge in [-0.1, -0.05) is 37.3 Å². The van der Waals surface area contributed by atoms with Gasteiger partial charge in [0.1, 0.15) is 0 Å². The molecule has 1 saturated heterocycles. The summed E-state index contributed by atoms with van der Waals surface area (Å²) in [7, 11) is 1.94. The second-order valence-electron chi connectivity index (χ2n) is 7.76. The molecule has 1 aliphatic heterocycles. The molecule has 1 heterocycles. The molecule has 1 aliphatic carbocycles. The number of benzene rings is 2. The van der Waals surface area contributed by atoms with Crippen molar-refractivity contribution in [1.29, 1.82) is 0 Å². The van der Waals surface area contributed by atoms with Gasteiger partial charge in [0.05, 0.1) is 0 Å². The molecule has 1 unspecified atom stereocenters. The Morgan fingerprint density at radius 1 is 1.15 bits per heavy atom. The monoisotopic (exact) mass is 383 g/mol. The number of carbonyl (C=O) groups is 1. The van der Waals surface area contributed by atoms with E-state index in [-0.39, 0.29) is 17.4 Å². The van der Waals surface area contributed by atoms with Crippen LogP contribution in [-0.4, -0.2) is 32.7 Å². The topological polar surface area (TPSA) is 72.5 Å². The van der Waals surface area contributed by atoms with Crippen molar-refractivity contribution in [3.8, 4) is 11.1 Å². The smallest absolute Gasteiger partial charge is 0.222 e. The molecule has 0 saturated carbocycles. The van der Waals surface area contributed by atoms with Gasteiger partial charge in [-0.3, -0.25) is 9.00 Å². The quantitative estimate of drug-likeness (QED) is 0.826. The summed E-state index contributed by atoms with van der Waals surface area (Å²) in [5.41, 5.74) is 5.48. The van der Waals surface area contributed by atoms with Crippen molar-refractivity contribution < 1.29 is 13.6 Å². The van der Waals surface area contributed by atoms with Crippen molar-refractivity contribution in [1.82, 2.24) is 4.90 Å². The van der Waals surface area contributed by atoms with Gasteiger partial charge in [-0.15, -0.1) is 0 Å². The maximum absolute atomic E-state index is 12.1. The van der Waals surface area contributed by atoms with Crippen LogP contribution in [0.1, 0.15) is 37.3 Å². The molecule has 5 nitrogen and oxygen atoms in total. The predicted octanol–water partition coefficient (Wildman–Crippen LogP) is 3.38. The van der Waals surface area contributed by atoms with Crippen LogP contribution in [0.25, 0.3) is 11.1 Å². The van der Waals surface area contributed by atoms with E-state index in [1.165, 1.54) is 11.1 Å². The molecule has 2 aromatic rings. The summed E-state index contributed by atoms with van der Waals surface area (Å²) >= 11 is -2.31. The van der Waals surface area contributed by atoms with Crippen LogP contribution in [0.2, 0.25) is 0 Å². The Morgan fingerprint density at radius 2 is 1.85 bits per heavy atom. The maximum atomic E-state index is 12.1. The zero-order valence-corrected chi connectivity index (χ0v) is 16.3. The minimum atomic E-state index is -2.31. The third-order valence-electron chi connectivity index (χ3n) is 6.28. The van der Waals surface area contributed by atoms with Gasteiger partial charge in [-0.25, -0.2) is 0 Å². The minimum absolute atomic E-state index is 0.0146. The molecule has 6 heteroatoms. The molecule has 27 heavy (non-hydrogen) atoms. The Kier molecular flexibility index (Phi) is 4.56. The van der Waals surface area contributed by atoms with E-state index in [0.717, 1.165) is 30.4 Å². The average Bonchev–Trinajstić information content (AvgIpc) is 2.65. The van der Waals surface area contributed by atoms with Crippen LogP contribution in [-0.2, 0) is 27.9 Å². The Balaban J connectivity index is 1.65. The summed E-state index contributed by atoms with van der Waals surface area (Å²) in [6, 6.07) is 14.3. The molecule has 1 amide bonds. The summed E-state index contributed by atoms with van der Waals surface area (Å²) in [5, 5.41) is 0. The Hall–Kier alpha value is -2.18. The molecule has 3 atom stereocenters. The molecular formula is C21H23N2O3S-. The zero-order chi connectivity index (χ0) is 19.2. The summed E-state index contributed by atoms with van der Waals surface area (Å²) in [6.07, 6.45) is 3.48. The summed E-state index contributed by atoms with van der Waals surface area (Å²) in [6.45, 7) is 2.29. The van der Waals surface area contributed by atoms with E-state index >= 15 is 0 Å². The molecule has 142 valence electrons. The highest BCUT2D eigenvalue weighted by atomic mass is 32.2. The fraction of sp³-hybridized carbons (Fsp3) is 0.381. The number of likely N-dealkylation sites (N-methyl/N-ethyl adjacent to an activating group) is 1. The van der Waals surface area contributed by atoms with Gasteiger partial charge in [0.25, 0.3) is 0 Å². The van der Waals surface area contributed by atoms with E-state index in [4.69, 9.17) is 0 Å². The van der Waals surface area contributed by atoms with E-state index in [2.05, 4.69) is 29.8 Å². The second-order valence-corrected chi connectivity index (χ2v) is 8.44. The number of nitrogens with zero attached hydrogens (tertiary/aromatic N) is 1. The van der Waals surface area contributed by atoms with Gasteiger partial charge in [-0.2, -0.15) is 0 Å². The highest BCUT2D eigenvalue weighted by molar-refractivity contribution is 7.80. The van der Waals surface area contributed by atoms with Crippen molar-refractivity contribution >= 4 is 22.9 Å². The Bertz CT molecular complexity index is 912. The highest BCUT2D eigenvalue weighted by Crippen LogP contribution is 2.46. The van der Waals surface area contributed by atoms with Crippen LogP contribution in [0.15, 0.2) is 42.5 Å². The number of amides is 1. The van der Waals surface area contributed by atoms with E-state index in [1.807, 2.05) is 24.1 Å². The molecule has 2 aromatic carbocycles. The van der Waals surface area contributed by atoms with Crippen molar-refractivity contribution in [3.63, 3.8) is 0 Å². The summed E-state index contributed by atoms with van der Waals surface area (Å²) in [5.74, 6) is 0.255. The van der Waals surface area contributed by atoms with Gasteiger partial charge < -0.3 is 14.2 Å². The van der Waals surface area contributed by atoms with Crippen molar-refractivity contribution in [3.05, 3.63) is 53.6 Å². The molecule has 2 aliphatic rings. The number of fused-ring (bicyclic) bond motifs is 3. The van der Waals surface area contributed by atoms with E-state index in [0.29, 0.717) is 12.1 Å². The maximum Gasteiger partial charge on any atom is 0.222 e. The second kappa shape index (κ2) is 6.77. The number of aryl methyl sites for hydroxylation is 1. The number of anilines is 1. The third kappa shape index (κ3) is 3.17. The first-order valence-electron chi connectivity index (χ1n) is 9.24. The van der Waals surface area contributed by atoms with Gasteiger partial charge in [0, 0.05) is 41.9 Å². The lowest BCUT2D eigenvalue weighted by atomic mass is 9.63. The first-order chi connectivity index (χ1) is 12.9. The van der Waals surface area contributed by atoms with Crippen LogP contribution < -0.4 is 4.72 Å².